The maximum Gasteiger partial charge on any atom is 0.121 e. The van der Waals surface area contributed by atoms with Gasteiger partial charge in [-0.2, -0.15) is 0 Å². The molecule has 0 fully saturated rings. The highest BCUT2D eigenvalue weighted by Crippen LogP contribution is 2.30. The van der Waals surface area contributed by atoms with Gasteiger partial charge in [0.2, 0.25) is 0 Å². The summed E-state index contributed by atoms with van der Waals surface area (Å²) in [7, 11) is 0. The second-order valence-corrected chi connectivity index (χ2v) is 4.01. The van der Waals surface area contributed by atoms with Crippen molar-refractivity contribution < 1.29 is 10.2 Å². The lowest BCUT2D eigenvalue weighted by Crippen LogP contribution is -2.16. The summed E-state index contributed by atoms with van der Waals surface area (Å²) in [6.45, 7) is 7.22. The topological polar surface area (TPSA) is 40.5 Å². The van der Waals surface area contributed by atoms with E-state index in [1.807, 2.05) is 19.9 Å². The first-order valence-corrected chi connectivity index (χ1v) is 4.35. The van der Waals surface area contributed by atoms with Crippen molar-refractivity contribution in [2.45, 2.75) is 33.3 Å². The van der Waals surface area contributed by atoms with Crippen LogP contribution in [-0.4, -0.2) is 10.2 Å². The van der Waals surface area contributed by atoms with E-state index in [2.05, 4.69) is 0 Å². The van der Waals surface area contributed by atoms with Crippen molar-refractivity contribution >= 4 is 0 Å². The van der Waals surface area contributed by atoms with Crippen LogP contribution >= 0.6 is 0 Å². The third kappa shape index (κ3) is 2.01. The highest BCUT2D eigenvalue weighted by molar-refractivity contribution is 5.43. The third-order valence-corrected chi connectivity index (χ3v) is 2.27. The molecule has 0 aromatic heterocycles. The molecule has 13 heavy (non-hydrogen) atoms. The summed E-state index contributed by atoms with van der Waals surface area (Å²) in [5, 5.41) is 19.3. The van der Waals surface area contributed by atoms with Gasteiger partial charge in [-0.05, 0) is 51.0 Å². The first-order chi connectivity index (χ1) is 5.82. The zero-order chi connectivity index (χ0) is 10.2. The predicted octanol–water partition coefficient (Wildman–Crippen LogP) is 2.24. The number of aryl methyl sites for hydroxylation is 2. The van der Waals surface area contributed by atoms with Gasteiger partial charge in [0.05, 0.1) is 5.60 Å². The average Bonchev–Trinajstić information content (AvgIpc) is 1.94. The molecular formula is C11H16O2. The fraction of sp³-hybridized carbons (Fsp3) is 0.455. The average molecular weight is 180 g/mol. The summed E-state index contributed by atoms with van der Waals surface area (Å²) >= 11 is 0. The first-order valence-electron chi connectivity index (χ1n) is 4.35. The molecule has 0 spiro atoms. The molecule has 2 N–H and O–H groups in total. The normalized spacial score (nSPS) is 11.8. The molecule has 1 aromatic rings. The van der Waals surface area contributed by atoms with E-state index in [0.29, 0.717) is 5.56 Å². The molecule has 0 aliphatic heterocycles. The van der Waals surface area contributed by atoms with E-state index in [4.69, 9.17) is 0 Å². The number of aliphatic hydroxyl groups is 1. The minimum Gasteiger partial charge on any atom is -0.508 e. The van der Waals surface area contributed by atoms with Crippen molar-refractivity contribution in [2.24, 2.45) is 0 Å². The largest absolute Gasteiger partial charge is 0.508 e. The molecule has 0 heterocycles. The van der Waals surface area contributed by atoms with E-state index in [1.165, 1.54) is 0 Å². The molecule has 2 heteroatoms. The van der Waals surface area contributed by atoms with Crippen molar-refractivity contribution in [2.75, 3.05) is 0 Å². The van der Waals surface area contributed by atoms with Crippen molar-refractivity contribution in [1.29, 1.82) is 0 Å². The van der Waals surface area contributed by atoms with Crippen molar-refractivity contribution in [3.8, 4) is 5.75 Å². The summed E-state index contributed by atoms with van der Waals surface area (Å²) in [6, 6.07) is 3.51. The molecule has 0 aliphatic carbocycles. The van der Waals surface area contributed by atoms with Crippen LogP contribution in [0.4, 0.5) is 0 Å². The van der Waals surface area contributed by atoms with Crippen LogP contribution in [0.5, 0.6) is 5.75 Å². The van der Waals surface area contributed by atoms with E-state index in [9.17, 15) is 10.2 Å². The third-order valence-electron chi connectivity index (χ3n) is 2.27. The van der Waals surface area contributed by atoms with Crippen LogP contribution < -0.4 is 0 Å². The van der Waals surface area contributed by atoms with Crippen LogP contribution in [0, 0.1) is 13.8 Å². The zero-order valence-corrected chi connectivity index (χ0v) is 8.55. The quantitative estimate of drug-likeness (QED) is 0.695. The second-order valence-electron chi connectivity index (χ2n) is 4.01. The van der Waals surface area contributed by atoms with Gasteiger partial charge >= 0.3 is 0 Å². The lowest BCUT2D eigenvalue weighted by Gasteiger charge is -2.20. The Hall–Kier alpha value is -1.02. The monoisotopic (exact) mass is 180 g/mol. The maximum atomic E-state index is 9.73. The van der Waals surface area contributed by atoms with Gasteiger partial charge in [0.1, 0.15) is 5.75 Å². The maximum absolute atomic E-state index is 9.73. The Kier molecular flexibility index (Phi) is 2.35. The van der Waals surface area contributed by atoms with Gasteiger partial charge in [0.15, 0.2) is 0 Å². The Balaban J connectivity index is 3.32. The molecule has 72 valence electrons. The molecular weight excluding hydrogens is 164 g/mol. The molecule has 0 unspecified atom stereocenters. The molecule has 0 bridgehead atoms. The number of hydrogen-bond donors (Lipinski definition) is 2. The molecule has 0 atom stereocenters. The Morgan fingerprint density at radius 3 is 2.00 bits per heavy atom. The Labute approximate surface area is 78.8 Å². The SMILES string of the molecule is Cc1cc(O)c(C(C)(C)O)cc1C. The number of phenolic OH excluding ortho intramolecular Hbond substituents is 1. The minimum atomic E-state index is -0.984. The summed E-state index contributed by atoms with van der Waals surface area (Å²) in [4.78, 5) is 0. The molecule has 1 rings (SSSR count). The van der Waals surface area contributed by atoms with E-state index in [0.717, 1.165) is 11.1 Å². The number of aromatic hydroxyl groups is 1. The molecule has 2 nitrogen and oxygen atoms in total. The van der Waals surface area contributed by atoms with Crippen LogP contribution in [0.1, 0.15) is 30.5 Å². The predicted molar refractivity (Wildman–Crippen MR) is 52.8 cm³/mol. The highest BCUT2D eigenvalue weighted by Gasteiger charge is 2.20. The second kappa shape index (κ2) is 3.04. The van der Waals surface area contributed by atoms with E-state index < -0.39 is 5.60 Å². The van der Waals surface area contributed by atoms with E-state index >= 15 is 0 Å². The van der Waals surface area contributed by atoms with Crippen LogP contribution in [-0.2, 0) is 5.60 Å². The standard InChI is InChI=1S/C11H16O2/c1-7-5-9(11(3,4)13)10(12)6-8(7)2/h5-6,12-13H,1-4H3. The van der Waals surface area contributed by atoms with Gasteiger partial charge in [0, 0.05) is 5.56 Å². The van der Waals surface area contributed by atoms with Crippen LogP contribution in [0.3, 0.4) is 0 Å². The minimum absolute atomic E-state index is 0.163. The van der Waals surface area contributed by atoms with Crippen LogP contribution in [0.25, 0.3) is 0 Å². The fourth-order valence-electron chi connectivity index (χ4n) is 1.29. The van der Waals surface area contributed by atoms with Crippen molar-refractivity contribution in [3.05, 3.63) is 28.8 Å². The summed E-state index contributed by atoms with van der Waals surface area (Å²) in [5.74, 6) is 0.163. The highest BCUT2D eigenvalue weighted by atomic mass is 16.3. The van der Waals surface area contributed by atoms with Gasteiger partial charge in [0.25, 0.3) is 0 Å². The lowest BCUT2D eigenvalue weighted by molar-refractivity contribution is 0.0757. The van der Waals surface area contributed by atoms with E-state index in [1.54, 1.807) is 19.9 Å². The summed E-state index contributed by atoms with van der Waals surface area (Å²) in [5.41, 5.74) is 1.71. The molecule has 0 saturated carbocycles. The number of rotatable bonds is 1. The zero-order valence-electron chi connectivity index (χ0n) is 8.55. The molecule has 0 radical (unpaired) electrons. The molecule has 0 aliphatic rings. The summed E-state index contributed by atoms with van der Waals surface area (Å²) < 4.78 is 0. The Morgan fingerprint density at radius 1 is 1.08 bits per heavy atom. The van der Waals surface area contributed by atoms with Gasteiger partial charge < -0.3 is 10.2 Å². The van der Waals surface area contributed by atoms with Gasteiger partial charge in [-0.3, -0.25) is 0 Å². The number of hydrogen-bond acceptors (Lipinski definition) is 2. The van der Waals surface area contributed by atoms with Gasteiger partial charge in [-0.1, -0.05) is 0 Å². The Bertz CT molecular complexity index is 322. The number of benzene rings is 1. The van der Waals surface area contributed by atoms with Crippen LogP contribution in [0.15, 0.2) is 12.1 Å². The molecule has 0 amide bonds. The fourth-order valence-corrected chi connectivity index (χ4v) is 1.29. The molecule has 0 saturated heterocycles. The van der Waals surface area contributed by atoms with E-state index in [-0.39, 0.29) is 5.75 Å². The summed E-state index contributed by atoms with van der Waals surface area (Å²) in [6.07, 6.45) is 0. The lowest BCUT2D eigenvalue weighted by atomic mass is 9.94. The van der Waals surface area contributed by atoms with Crippen molar-refractivity contribution in [3.63, 3.8) is 0 Å². The first kappa shape index (κ1) is 10.1. The van der Waals surface area contributed by atoms with Crippen molar-refractivity contribution in [1.82, 2.24) is 0 Å². The number of phenols is 1. The van der Waals surface area contributed by atoms with Gasteiger partial charge in [-0.25, -0.2) is 0 Å². The smallest absolute Gasteiger partial charge is 0.121 e. The molecule has 1 aromatic carbocycles. The Morgan fingerprint density at radius 2 is 1.54 bits per heavy atom. The van der Waals surface area contributed by atoms with Gasteiger partial charge in [-0.15, -0.1) is 0 Å². The van der Waals surface area contributed by atoms with Crippen LogP contribution in [0.2, 0.25) is 0 Å².